The summed E-state index contributed by atoms with van der Waals surface area (Å²) in [5.41, 5.74) is 0. The molecule has 5 heteroatoms. The van der Waals surface area contributed by atoms with Gasteiger partial charge >= 0.3 is 5.97 Å². The van der Waals surface area contributed by atoms with Gasteiger partial charge in [0.25, 0.3) is 0 Å². The number of carboxylic acid groups (broad SMARTS) is 1. The maximum atomic E-state index is 11.6. The predicted molar refractivity (Wildman–Crippen MR) is 125 cm³/mol. The average Bonchev–Trinajstić information content (AvgIpc) is 2.59. The summed E-state index contributed by atoms with van der Waals surface area (Å²) in [6.45, 7) is 6.08. The number of thioether (sulfide) groups is 2. The van der Waals surface area contributed by atoms with Gasteiger partial charge in [0.15, 0.2) is 0 Å². The number of unbranched alkanes of at least 4 members (excludes halogenated alkanes) is 9. The molecule has 0 aliphatic heterocycles. The van der Waals surface area contributed by atoms with Gasteiger partial charge in [0.1, 0.15) is 8.28 Å². The molecule has 1 atom stereocenters. The van der Waals surface area contributed by atoms with Crippen LogP contribution in [0.15, 0.2) is 12.2 Å². The van der Waals surface area contributed by atoms with Crippen LogP contribution in [0.2, 0.25) is 0 Å². The number of carboxylic acids is 1. The zero-order valence-electron chi connectivity index (χ0n) is 16.9. The van der Waals surface area contributed by atoms with Crippen LogP contribution in [0.4, 0.5) is 0 Å². The maximum absolute atomic E-state index is 11.6. The molecule has 0 aliphatic carbocycles. The minimum absolute atomic E-state index is 0.514. The van der Waals surface area contributed by atoms with Crippen LogP contribution in [0.3, 0.4) is 0 Å². The van der Waals surface area contributed by atoms with E-state index in [1.807, 2.05) is 12.2 Å². The lowest BCUT2D eigenvalue weighted by atomic mass is 10.1. The van der Waals surface area contributed by atoms with Crippen molar-refractivity contribution in [3.05, 3.63) is 12.2 Å². The predicted octanol–water partition coefficient (Wildman–Crippen LogP) is 7.86. The van der Waals surface area contributed by atoms with Crippen molar-refractivity contribution in [2.24, 2.45) is 0 Å². The number of carbonyl (C=O) groups is 1. The van der Waals surface area contributed by atoms with Crippen LogP contribution in [0.1, 0.15) is 97.8 Å². The molecule has 0 saturated heterocycles. The molecular formula is C21H38O2S3. The van der Waals surface area contributed by atoms with Crippen molar-refractivity contribution in [2.45, 2.75) is 103 Å². The van der Waals surface area contributed by atoms with Gasteiger partial charge in [-0.2, -0.15) is 0 Å². The molecule has 0 aliphatic rings. The topological polar surface area (TPSA) is 37.3 Å². The fourth-order valence-corrected chi connectivity index (χ4v) is 5.60. The molecule has 1 N–H and O–H groups in total. The first kappa shape index (κ1) is 26.0. The molecule has 0 aromatic heterocycles. The summed E-state index contributed by atoms with van der Waals surface area (Å²) in [6.07, 6.45) is 18.7. The van der Waals surface area contributed by atoms with E-state index < -0.39 is 10.7 Å². The van der Waals surface area contributed by atoms with Crippen LogP contribution < -0.4 is 0 Å². The monoisotopic (exact) mass is 418 g/mol. The van der Waals surface area contributed by atoms with Gasteiger partial charge in [-0.3, -0.25) is 4.79 Å². The van der Waals surface area contributed by atoms with Gasteiger partial charge in [-0.25, -0.2) is 0 Å². The molecular weight excluding hydrogens is 380 g/mol. The number of allylic oxidation sites excluding steroid dienone is 2. The molecule has 0 aromatic carbocycles. The van der Waals surface area contributed by atoms with Crippen molar-refractivity contribution in [3.8, 4) is 0 Å². The summed E-state index contributed by atoms with van der Waals surface area (Å²) >= 11 is 8.38. The Morgan fingerprint density at radius 3 is 2.00 bits per heavy atom. The number of aliphatic carboxylic acids is 1. The number of hydrogen-bond acceptors (Lipinski definition) is 4. The van der Waals surface area contributed by atoms with Crippen molar-refractivity contribution in [1.29, 1.82) is 0 Å². The lowest BCUT2D eigenvalue weighted by molar-refractivity contribution is -0.139. The van der Waals surface area contributed by atoms with E-state index in [1.165, 1.54) is 76.0 Å². The maximum Gasteiger partial charge on any atom is 0.320 e. The summed E-state index contributed by atoms with van der Waals surface area (Å²) in [6, 6.07) is 0. The molecule has 26 heavy (non-hydrogen) atoms. The van der Waals surface area contributed by atoms with Crippen LogP contribution in [0.25, 0.3) is 0 Å². The van der Waals surface area contributed by atoms with Gasteiger partial charge in [0.2, 0.25) is 0 Å². The molecule has 0 spiro atoms. The number of hydrogen-bond donors (Lipinski definition) is 1. The number of rotatable bonds is 16. The summed E-state index contributed by atoms with van der Waals surface area (Å²) in [4.78, 5) is 11.6. The first-order valence-electron chi connectivity index (χ1n) is 10.2. The van der Waals surface area contributed by atoms with E-state index in [0.29, 0.717) is 6.42 Å². The molecule has 0 heterocycles. The highest BCUT2D eigenvalue weighted by atomic mass is 32.2. The zero-order chi connectivity index (χ0) is 19.7. The van der Waals surface area contributed by atoms with E-state index in [4.69, 9.17) is 12.2 Å². The Bertz CT molecular complexity index is 410. The first-order valence-corrected chi connectivity index (χ1v) is 12.4. The molecule has 0 amide bonds. The highest BCUT2D eigenvalue weighted by molar-refractivity contribution is 8.47. The fraction of sp³-hybridized carbons (Fsp3) is 0.810. The van der Waals surface area contributed by atoms with Crippen molar-refractivity contribution in [1.82, 2.24) is 0 Å². The van der Waals surface area contributed by atoms with Crippen LogP contribution >= 0.6 is 35.7 Å². The van der Waals surface area contributed by atoms with E-state index in [0.717, 1.165) is 15.7 Å². The van der Waals surface area contributed by atoms with Crippen molar-refractivity contribution >= 4 is 45.2 Å². The van der Waals surface area contributed by atoms with Crippen LogP contribution in [0.5, 0.6) is 0 Å². The highest BCUT2D eigenvalue weighted by Gasteiger charge is 2.34. The Morgan fingerprint density at radius 1 is 0.962 bits per heavy atom. The third kappa shape index (κ3) is 14.1. The van der Waals surface area contributed by atoms with Crippen LogP contribution in [-0.2, 0) is 4.79 Å². The van der Waals surface area contributed by atoms with E-state index in [2.05, 4.69) is 13.8 Å². The van der Waals surface area contributed by atoms with Gasteiger partial charge in [0.05, 0.1) is 0 Å². The van der Waals surface area contributed by atoms with E-state index in [-0.39, 0.29) is 0 Å². The quantitative estimate of drug-likeness (QED) is 0.157. The minimum Gasteiger partial charge on any atom is -0.480 e. The van der Waals surface area contributed by atoms with Gasteiger partial charge in [-0.15, -0.1) is 11.8 Å². The summed E-state index contributed by atoms with van der Waals surface area (Å²) in [5, 5.41) is 9.52. The van der Waals surface area contributed by atoms with Crippen LogP contribution in [0, 0.1) is 0 Å². The summed E-state index contributed by atoms with van der Waals surface area (Å²) in [7, 11) is 0. The molecule has 0 rings (SSSR count). The summed E-state index contributed by atoms with van der Waals surface area (Å²) < 4.78 is -0.0937. The SMILES string of the molecule is CCC=CCC(C)(SC(=S)SCCCCCCCCCCCC)C(=O)O. The lowest BCUT2D eigenvalue weighted by Crippen LogP contribution is -2.31. The second kappa shape index (κ2) is 17.1. The minimum atomic E-state index is -0.854. The normalized spacial score (nSPS) is 13.8. The van der Waals surface area contributed by atoms with E-state index in [9.17, 15) is 9.90 Å². The molecule has 0 fully saturated rings. The van der Waals surface area contributed by atoms with E-state index in [1.54, 1.807) is 18.7 Å². The third-order valence-electron chi connectivity index (χ3n) is 4.39. The van der Waals surface area contributed by atoms with E-state index >= 15 is 0 Å². The van der Waals surface area contributed by atoms with Crippen molar-refractivity contribution < 1.29 is 9.90 Å². The van der Waals surface area contributed by atoms with Crippen molar-refractivity contribution in [3.63, 3.8) is 0 Å². The average molecular weight is 419 g/mol. The Hall–Kier alpha value is -0.000000000000000111. The Morgan fingerprint density at radius 2 is 1.50 bits per heavy atom. The fourth-order valence-electron chi connectivity index (χ4n) is 2.61. The molecule has 2 nitrogen and oxygen atoms in total. The van der Waals surface area contributed by atoms with Gasteiger partial charge < -0.3 is 5.11 Å². The third-order valence-corrected chi connectivity index (χ3v) is 7.28. The molecule has 152 valence electrons. The molecule has 0 bridgehead atoms. The number of thiocarbonyl (C=S) groups is 1. The Labute approximate surface area is 175 Å². The molecule has 1 unspecified atom stereocenters. The first-order chi connectivity index (χ1) is 12.5. The molecule has 0 aromatic rings. The Balaban J connectivity index is 3.77. The highest BCUT2D eigenvalue weighted by Crippen LogP contribution is 2.35. The standard InChI is InChI=1S/C21H38O2S3/c1-4-6-8-9-10-11-12-13-14-16-18-25-20(24)26-21(3,19(22)23)17-15-7-5-2/h7,15H,4-6,8-14,16-18H2,1-3H3,(H,22,23). The zero-order valence-corrected chi connectivity index (χ0v) is 19.4. The molecule has 0 saturated carbocycles. The largest absolute Gasteiger partial charge is 0.480 e. The Kier molecular flexibility index (Phi) is 17.1. The lowest BCUT2D eigenvalue weighted by Gasteiger charge is -2.22. The second-order valence-corrected chi connectivity index (χ2v) is 10.8. The van der Waals surface area contributed by atoms with Crippen LogP contribution in [-0.4, -0.2) is 25.1 Å². The van der Waals surface area contributed by atoms with Gasteiger partial charge in [-0.1, -0.05) is 108 Å². The second-order valence-electron chi connectivity index (χ2n) is 7.00. The van der Waals surface area contributed by atoms with Gasteiger partial charge in [-0.05, 0) is 31.9 Å². The van der Waals surface area contributed by atoms with Gasteiger partial charge in [0, 0.05) is 0 Å². The van der Waals surface area contributed by atoms with Crippen molar-refractivity contribution in [2.75, 3.05) is 5.75 Å². The molecule has 0 radical (unpaired) electrons. The summed E-state index contributed by atoms with van der Waals surface area (Å²) in [5.74, 6) is 0.216. The smallest absolute Gasteiger partial charge is 0.320 e.